The fraction of sp³-hybridized carbons (Fsp3) is 0.885. The fourth-order valence-corrected chi connectivity index (χ4v) is 3.40. The van der Waals surface area contributed by atoms with E-state index in [0.717, 1.165) is 38.5 Å². The quantitative estimate of drug-likeness (QED) is 0.275. The summed E-state index contributed by atoms with van der Waals surface area (Å²) in [5.74, 6) is 1.68. The van der Waals surface area contributed by atoms with E-state index >= 15 is 0 Å². The highest BCUT2D eigenvalue weighted by Gasteiger charge is 2.50. The second kappa shape index (κ2) is 18.9. The van der Waals surface area contributed by atoms with Gasteiger partial charge in [-0.3, -0.25) is 14.4 Å². The second-order valence-corrected chi connectivity index (χ2v) is 9.79. The van der Waals surface area contributed by atoms with Gasteiger partial charge in [0.25, 0.3) is 0 Å². The molecule has 0 aromatic carbocycles. The predicted octanol–water partition coefficient (Wildman–Crippen LogP) is 6.45. The van der Waals surface area contributed by atoms with Crippen LogP contribution in [0.5, 0.6) is 0 Å². The topological polar surface area (TPSA) is 78.9 Å². The van der Waals surface area contributed by atoms with Crippen molar-refractivity contribution in [3.63, 3.8) is 0 Å². The maximum Gasteiger partial charge on any atom is 0.311 e. The SMILES string of the molecule is C.COC(=O)C(C)CC(C)C.COC(=O)C1(CC(C)C)CC1.COC(=O)CCCC(C)C. The van der Waals surface area contributed by atoms with Crippen molar-refractivity contribution >= 4 is 17.9 Å². The summed E-state index contributed by atoms with van der Waals surface area (Å²) >= 11 is 0. The van der Waals surface area contributed by atoms with Crippen molar-refractivity contribution in [2.45, 2.75) is 101 Å². The summed E-state index contributed by atoms with van der Waals surface area (Å²) in [5.41, 5.74) is -0.0804. The van der Waals surface area contributed by atoms with Crippen molar-refractivity contribution in [2.75, 3.05) is 21.3 Å². The molecule has 0 aliphatic heterocycles. The number of methoxy groups -OCH3 is 3. The summed E-state index contributed by atoms with van der Waals surface area (Å²) in [6.07, 6.45) is 6.57. The molecule has 0 heterocycles. The minimum atomic E-state index is -0.103. The van der Waals surface area contributed by atoms with Crippen LogP contribution in [-0.4, -0.2) is 39.2 Å². The highest BCUT2D eigenvalue weighted by Crippen LogP contribution is 2.51. The zero-order valence-corrected chi connectivity index (χ0v) is 21.7. The highest BCUT2D eigenvalue weighted by atomic mass is 16.5. The molecule has 0 saturated heterocycles. The molecule has 1 saturated carbocycles. The summed E-state index contributed by atoms with van der Waals surface area (Å²) in [4.78, 5) is 32.6. The van der Waals surface area contributed by atoms with Crippen LogP contribution in [0.1, 0.15) is 101 Å². The number of hydrogen-bond donors (Lipinski definition) is 0. The first-order chi connectivity index (χ1) is 14.3. The number of esters is 3. The van der Waals surface area contributed by atoms with E-state index in [2.05, 4.69) is 51.0 Å². The molecule has 0 bridgehead atoms. The Labute approximate surface area is 198 Å². The summed E-state index contributed by atoms with van der Waals surface area (Å²) in [5, 5.41) is 0. The Kier molecular flexibility index (Phi) is 20.7. The van der Waals surface area contributed by atoms with Gasteiger partial charge >= 0.3 is 17.9 Å². The molecule has 1 rings (SSSR count). The van der Waals surface area contributed by atoms with Crippen molar-refractivity contribution in [3.8, 4) is 0 Å². The second-order valence-electron chi connectivity index (χ2n) is 9.79. The minimum absolute atomic E-state index is 0. The van der Waals surface area contributed by atoms with Gasteiger partial charge in [0.1, 0.15) is 0 Å². The summed E-state index contributed by atoms with van der Waals surface area (Å²) < 4.78 is 13.8. The first kappa shape index (κ1) is 35.0. The van der Waals surface area contributed by atoms with Crippen molar-refractivity contribution in [1.82, 2.24) is 0 Å². The van der Waals surface area contributed by atoms with Crippen LogP contribution < -0.4 is 0 Å². The molecule has 0 aromatic heterocycles. The van der Waals surface area contributed by atoms with Gasteiger partial charge in [0.05, 0.1) is 32.7 Å². The van der Waals surface area contributed by atoms with E-state index in [-0.39, 0.29) is 36.7 Å². The van der Waals surface area contributed by atoms with E-state index in [1.54, 1.807) is 0 Å². The Balaban J connectivity index is -0.000000389. The summed E-state index contributed by atoms with van der Waals surface area (Å²) in [6.45, 7) is 14.7. The predicted molar refractivity (Wildman–Crippen MR) is 131 cm³/mol. The maximum absolute atomic E-state index is 11.2. The lowest BCUT2D eigenvalue weighted by molar-refractivity contribution is -0.148. The van der Waals surface area contributed by atoms with Crippen LogP contribution in [0.3, 0.4) is 0 Å². The molecule has 32 heavy (non-hydrogen) atoms. The number of ether oxygens (including phenoxy) is 3. The minimum Gasteiger partial charge on any atom is -0.469 e. The molecule has 0 spiro atoms. The lowest BCUT2D eigenvalue weighted by Gasteiger charge is -2.13. The van der Waals surface area contributed by atoms with E-state index in [9.17, 15) is 14.4 Å². The van der Waals surface area contributed by atoms with Crippen LogP contribution in [-0.2, 0) is 28.6 Å². The molecular formula is C26H52O6. The Morgan fingerprint density at radius 3 is 1.62 bits per heavy atom. The lowest BCUT2D eigenvalue weighted by atomic mass is 9.94. The number of rotatable bonds is 10. The van der Waals surface area contributed by atoms with Gasteiger partial charge < -0.3 is 14.2 Å². The van der Waals surface area contributed by atoms with Crippen LogP contribution in [0.2, 0.25) is 0 Å². The van der Waals surface area contributed by atoms with Gasteiger partial charge in [-0.1, -0.05) is 62.3 Å². The van der Waals surface area contributed by atoms with Gasteiger partial charge in [0.15, 0.2) is 0 Å². The Bertz CT molecular complexity index is 506. The van der Waals surface area contributed by atoms with Crippen molar-refractivity contribution in [2.24, 2.45) is 29.1 Å². The van der Waals surface area contributed by atoms with Gasteiger partial charge in [0.2, 0.25) is 0 Å². The standard InChI is InChI=1S/C9H16O2.2C8H16O2.CH4/c1-7(2)6-9(4-5-9)8(10)11-3;1-6(2)5-7(3)8(9)10-4;1-7(2)5-4-6-8(9)10-3;/h7H,4-6H2,1-3H3;6-7H,5H2,1-4H3;7H,4-6H2,1-3H3;1H4. The molecule has 1 unspecified atom stereocenters. The van der Waals surface area contributed by atoms with Crippen LogP contribution in [0.25, 0.3) is 0 Å². The fourth-order valence-electron chi connectivity index (χ4n) is 3.40. The molecule has 6 nitrogen and oxygen atoms in total. The number of carbonyl (C=O) groups is 3. The van der Waals surface area contributed by atoms with Gasteiger partial charge in [-0.15, -0.1) is 0 Å². The van der Waals surface area contributed by atoms with Gasteiger partial charge in [-0.05, 0) is 49.9 Å². The Hall–Kier alpha value is -1.59. The zero-order valence-electron chi connectivity index (χ0n) is 21.7. The molecule has 0 N–H and O–H groups in total. The molecule has 0 radical (unpaired) electrons. The van der Waals surface area contributed by atoms with Gasteiger partial charge in [0, 0.05) is 6.42 Å². The van der Waals surface area contributed by atoms with Crippen LogP contribution in [0, 0.1) is 29.1 Å². The van der Waals surface area contributed by atoms with E-state index in [0.29, 0.717) is 24.2 Å². The Morgan fingerprint density at radius 1 is 0.781 bits per heavy atom. The number of carbonyl (C=O) groups excluding carboxylic acids is 3. The maximum atomic E-state index is 11.2. The average Bonchev–Trinajstić information content (AvgIpc) is 3.46. The van der Waals surface area contributed by atoms with Gasteiger partial charge in [-0.2, -0.15) is 0 Å². The molecule has 1 fully saturated rings. The third kappa shape index (κ3) is 18.0. The molecular weight excluding hydrogens is 408 g/mol. The highest BCUT2D eigenvalue weighted by molar-refractivity contribution is 5.79. The molecule has 1 aliphatic carbocycles. The molecule has 0 amide bonds. The van der Waals surface area contributed by atoms with E-state index in [4.69, 9.17) is 4.74 Å². The molecule has 1 aliphatic rings. The molecule has 6 heteroatoms. The number of hydrogen-bond acceptors (Lipinski definition) is 6. The summed E-state index contributed by atoms with van der Waals surface area (Å²) in [6, 6.07) is 0. The normalized spacial score (nSPS) is 14.2. The largest absolute Gasteiger partial charge is 0.469 e. The van der Waals surface area contributed by atoms with E-state index in [1.807, 2.05) is 6.92 Å². The van der Waals surface area contributed by atoms with Crippen LogP contribution >= 0.6 is 0 Å². The van der Waals surface area contributed by atoms with Crippen LogP contribution in [0.15, 0.2) is 0 Å². The monoisotopic (exact) mass is 460 g/mol. The third-order valence-electron chi connectivity index (χ3n) is 5.09. The third-order valence-corrected chi connectivity index (χ3v) is 5.09. The van der Waals surface area contributed by atoms with E-state index in [1.165, 1.54) is 21.3 Å². The Morgan fingerprint density at radius 2 is 1.31 bits per heavy atom. The molecule has 192 valence electrons. The first-order valence-corrected chi connectivity index (χ1v) is 11.6. The van der Waals surface area contributed by atoms with Crippen molar-refractivity contribution in [3.05, 3.63) is 0 Å². The van der Waals surface area contributed by atoms with Gasteiger partial charge in [-0.25, -0.2) is 0 Å². The van der Waals surface area contributed by atoms with Crippen molar-refractivity contribution < 1.29 is 28.6 Å². The molecule has 1 atom stereocenters. The lowest BCUT2D eigenvalue weighted by Crippen LogP contribution is -2.19. The van der Waals surface area contributed by atoms with Crippen molar-refractivity contribution in [1.29, 1.82) is 0 Å². The average molecular weight is 461 g/mol. The summed E-state index contributed by atoms with van der Waals surface area (Å²) in [7, 11) is 4.33. The molecule has 0 aromatic rings. The smallest absolute Gasteiger partial charge is 0.311 e. The van der Waals surface area contributed by atoms with Crippen LogP contribution in [0.4, 0.5) is 0 Å². The first-order valence-electron chi connectivity index (χ1n) is 11.6. The zero-order chi connectivity index (χ0) is 24.6. The van der Waals surface area contributed by atoms with E-state index < -0.39 is 0 Å².